The highest BCUT2D eigenvalue weighted by Crippen LogP contribution is 2.39. The lowest BCUT2D eigenvalue weighted by atomic mass is 10.1. The highest BCUT2D eigenvalue weighted by molar-refractivity contribution is 7.89. The second-order valence-electron chi connectivity index (χ2n) is 7.83. The van der Waals surface area contributed by atoms with Crippen LogP contribution in [-0.4, -0.2) is 37.9 Å². The summed E-state index contributed by atoms with van der Waals surface area (Å²) in [6.45, 7) is 0. The average molecular weight is 433 g/mol. The number of carbonyl (C=O) groups is 2. The smallest absolute Gasteiger partial charge is 0.287 e. The SMILES string of the molecule is NS(=O)(=O)c1ccc(C(=O)N[C@@H]2CCC[C@H]2NC(=O)C2(Nc3ccccc3)CC2)o1. The number of nitrogens with one attached hydrogen (secondary N) is 3. The summed E-state index contributed by atoms with van der Waals surface area (Å²) < 4.78 is 27.7. The van der Waals surface area contributed by atoms with E-state index in [-0.39, 0.29) is 23.8 Å². The molecule has 0 bridgehead atoms. The van der Waals surface area contributed by atoms with Gasteiger partial charge in [0.15, 0.2) is 5.76 Å². The number of sulfonamides is 1. The summed E-state index contributed by atoms with van der Waals surface area (Å²) in [5.41, 5.74) is 0.286. The first-order valence-electron chi connectivity index (χ1n) is 9.85. The fraction of sp³-hybridized carbons (Fsp3) is 0.400. The highest BCUT2D eigenvalue weighted by Gasteiger charge is 2.51. The van der Waals surface area contributed by atoms with Gasteiger partial charge in [-0.2, -0.15) is 0 Å². The van der Waals surface area contributed by atoms with E-state index in [1.807, 2.05) is 30.3 Å². The largest absolute Gasteiger partial charge is 0.438 e. The van der Waals surface area contributed by atoms with Crippen LogP contribution in [0.25, 0.3) is 0 Å². The topological polar surface area (TPSA) is 144 Å². The van der Waals surface area contributed by atoms with E-state index < -0.39 is 26.6 Å². The lowest BCUT2D eigenvalue weighted by Crippen LogP contribution is -2.53. The van der Waals surface area contributed by atoms with Crippen LogP contribution < -0.4 is 21.1 Å². The van der Waals surface area contributed by atoms with Crippen molar-refractivity contribution in [2.45, 2.75) is 54.8 Å². The molecule has 0 unspecified atom stereocenters. The van der Waals surface area contributed by atoms with Crippen LogP contribution in [0.1, 0.15) is 42.7 Å². The summed E-state index contributed by atoms with van der Waals surface area (Å²) in [5.74, 6) is -0.757. The Balaban J connectivity index is 1.37. The molecule has 0 aliphatic heterocycles. The van der Waals surface area contributed by atoms with E-state index in [4.69, 9.17) is 9.56 Å². The molecule has 2 fully saturated rings. The summed E-state index contributed by atoms with van der Waals surface area (Å²) in [5, 5.41) is 13.8. The fourth-order valence-electron chi connectivity index (χ4n) is 3.78. The molecular formula is C20H24N4O5S. The third-order valence-electron chi connectivity index (χ3n) is 5.58. The number of hydrogen-bond donors (Lipinski definition) is 4. The van der Waals surface area contributed by atoms with Crippen molar-refractivity contribution in [1.82, 2.24) is 10.6 Å². The van der Waals surface area contributed by atoms with Crippen molar-refractivity contribution in [2.75, 3.05) is 5.32 Å². The maximum atomic E-state index is 12.9. The zero-order chi connectivity index (χ0) is 21.4. The Kier molecular flexibility index (Phi) is 5.29. The van der Waals surface area contributed by atoms with Gasteiger partial charge in [-0.1, -0.05) is 18.2 Å². The van der Waals surface area contributed by atoms with Crippen molar-refractivity contribution in [1.29, 1.82) is 0 Å². The summed E-state index contributed by atoms with van der Waals surface area (Å²) in [7, 11) is -4.02. The summed E-state index contributed by atoms with van der Waals surface area (Å²) in [4.78, 5) is 25.4. The molecule has 9 nitrogen and oxygen atoms in total. The molecule has 5 N–H and O–H groups in total. The van der Waals surface area contributed by atoms with Crippen molar-refractivity contribution in [3.63, 3.8) is 0 Å². The number of para-hydroxylation sites is 1. The van der Waals surface area contributed by atoms with E-state index in [9.17, 15) is 18.0 Å². The first-order valence-corrected chi connectivity index (χ1v) is 11.4. The molecule has 2 aliphatic carbocycles. The van der Waals surface area contributed by atoms with Gasteiger partial charge in [0, 0.05) is 17.8 Å². The number of amides is 2. The van der Waals surface area contributed by atoms with E-state index in [1.54, 1.807) is 0 Å². The van der Waals surface area contributed by atoms with E-state index in [0.717, 1.165) is 37.4 Å². The lowest BCUT2D eigenvalue weighted by molar-refractivity contribution is -0.123. The molecular weight excluding hydrogens is 408 g/mol. The van der Waals surface area contributed by atoms with Gasteiger partial charge < -0.3 is 20.4 Å². The van der Waals surface area contributed by atoms with Gasteiger partial charge in [-0.3, -0.25) is 9.59 Å². The minimum absolute atomic E-state index is 0.0768. The van der Waals surface area contributed by atoms with Crippen LogP contribution in [0.5, 0.6) is 0 Å². The van der Waals surface area contributed by atoms with Gasteiger partial charge in [-0.05, 0) is 56.4 Å². The Morgan fingerprint density at radius 3 is 2.27 bits per heavy atom. The molecule has 0 saturated heterocycles. The molecule has 0 spiro atoms. The average Bonchev–Trinajstić information content (AvgIpc) is 3.11. The number of anilines is 1. The van der Waals surface area contributed by atoms with Crippen molar-refractivity contribution in [3.8, 4) is 0 Å². The molecule has 1 aromatic heterocycles. The van der Waals surface area contributed by atoms with Gasteiger partial charge >= 0.3 is 0 Å². The zero-order valence-corrected chi connectivity index (χ0v) is 17.1. The van der Waals surface area contributed by atoms with Gasteiger partial charge in [0.25, 0.3) is 15.9 Å². The molecule has 10 heteroatoms. The van der Waals surface area contributed by atoms with Crippen LogP contribution in [0.3, 0.4) is 0 Å². The first-order chi connectivity index (χ1) is 14.3. The molecule has 1 aromatic carbocycles. The number of carbonyl (C=O) groups excluding carboxylic acids is 2. The Morgan fingerprint density at radius 2 is 1.67 bits per heavy atom. The number of primary sulfonamides is 1. The second-order valence-corrected chi connectivity index (χ2v) is 9.32. The minimum atomic E-state index is -4.02. The number of hydrogen-bond acceptors (Lipinski definition) is 6. The quantitative estimate of drug-likeness (QED) is 0.520. The van der Waals surface area contributed by atoms with Crippen molar-refractivity contribution >= 4 is 27.5 Å². The molecule has 1 heterocycles. The second kappa shape index (κ2) is 7.77. The summed E-state index contributed by atoms with van der Waals surface area (Å²) >= 11 is 0. The van der Waals surface area contributed by atoms with E-state index in [2.05, 4.69) is 16.0 Å². The number of nitrogens with two attached hydrogens (primary N) is 1. The van der Waals surface area contributed by atoms with Crippen LogP contribution in [0.15, 0.2) is 52.0 Å². The molecule has 2 amide bonds. The predicted octanol–water partition coefficient (Wildman–Crippen LogP) is 1.34. The Morgan fingerprint density at radius 1 is 1.00 bits per heavy atom. The van der Waals surface area contributed by atoms with Gasteiger partial charge in [-0.25, -0.2) is 13.6 Å². The van der Waals surface area contributed by atoms with Crippen LogP contribution >= 0.6 is 0 Å². The van der Waals surface area contributed by atoms with Crippen molar-refractivity contribution < 1.29 is 22.4 Å². The van der Waals surface area contributed by atoms with Gasteiger partial charge in [0.2, 0.25) is 11.0 Å². The minimum Gasteiger partial charge on any atom is -0.438 e. The third kappa shape index (κ3) is 4.34. The van der Waals surface area contributed by atoms with Crippen LogP contribution in [-0.2, 0) is 14.8 Å². The number of furan rings is 1. The predicted molar refractivity (Wildman–Crippen MR) is 109 cm³/mol. The molecule has 2 atom stereocenters. The van der Waals surface area contributed by atoms with Gasteiger partial charge in [-0.15, -0.1) is 0 Å². The van der Waals surface area contributed by atoms with Crippen LogP contribution in [0, 0.1) is 0 Å². The molecule has 2 saturated carbocycles. The van der Waals surface area contributed by atoms with E-state index in [1.165, 1.54) is 6.07 Å². The highest BCUT2D eigenvalue weighted by atomic mass is 32.2. The standard InChI is InChI=1S/C20H24N4O5S/c21-30(27,28)17-10-9-16(29-17)18(25)22-14-7-4-8-15(14)23-19(26)20(11-12-20)24-13-5-2-1-3-6-13/h1-3,5-6,9-10,14-15,24H,4,7-8,11-12H2,(H,22,25)(H,23,26)(H2,21,27,28)/t14-,15-/m1/s1. The summed E-state index contributed by atoms with van der Waals surface area (Å²) in [6.07, 6.45) is 3.81. The maximum Gasteiger partial charge on any atom is 0.287 e. The summed E-state index contributed by atoms with van der Waals surface area (Å²) in [6, 6.07) is 11.5. The van der Waals surface area contributed by atoms with Gasteiger partial charge in [0.05, 0.1) is 0 Å². The Hall–Kier alpha value is -2.85. The van der Waals surface area contributed by atoms with E-state index >= 15 is 0 Å². The van der Waals surface area contributed by atoms with E-state index in [0.29, 0.717) is 6.42 Å². The molecule has 30 heavy (non-hydrogen) atoms. The van der Waals surface area contributed by atoms with Gasteiger partial charge in [0.1, 0.15) is 5.54 Å². The van der Waals surface area contributed by atoms with Crippen molar-refractivity contribution in [3.05, 3.63) is 48.2 Å². The number of rotatable bonds is 7. The lowest BCUT2D eigenvalue weighted by Gasteiger charge is -2.25. The molecule has 2 aliphatic rings. The zero-order valence-electron chi connectivity index (χ0n) is 16.3. The van der Waals surface area contributed by atoms with Crippen LogP contribution in [0.4, 0.5) is 5.69 Å². The Labute approximate surface area is 174 Å². The molecule has 2 aromatic rings. The number of benzene rings is 1. The molecule has 160 valence electrons. The molecule has 0 radical (unpaired) electrons. The van der Waals surface area contributed by atoms with Crippen LogP contribution in [0.2, 0.25) is 0 Å². The molecule has 4 rings (SSSR count). The normalized spacial score (nSPS) is 22.3. The first kappa shape index (κ1) is 20.4. The van der Waals surface area contributed by atoms with Crippen molar-refractivity contribution in [2.24, 2.45) is 5.14 Å². The Bertz CT molecular complexity index is 1050. The third-order valence-corrected chi connectivity index (χ3v) is 6.36. The fourth-order valence-corrected chi connectivity index (χ4v) is 4.24. The maximum absolute atomic E-state index is 12.9. The monoisotopic (exact) mass is 432 g/mol.